The van der Waals surface area contributed by atoms with Crippen molar-refractivity contribution in [2.75, 3.05) is 24.5 Å². The summed E-state index contributed by atoms with van der Waals surface area (Å²) in [6, 6.07) is 2.84. The van der Waals surface area contributed by atoms with E-state index in [0.717, 1.165) is 19.6 Å². The molecule has 3 heteroatoms. The summed E-state index contributed by atoms with van der Waals surface area (Å²) < 4.78 is 0. The van der Waals surface area contributed by atoms with Gasteiger partial charge >= 0.3 is 0 Å². The number of rotatable bonds is 3. The van der Waals surface area contributed by atoms with Gasteiger partial charge in [0.2, 0.25) is 0 Å². The second-order valence-electron chi connectivity index (χ2n) is 4.48. The molecule has 0 spiro atoms. The van der Waals surface area contributed by atoms with E-state index in [1.54, 1.807) is 0 Å². The van der Waals surface area contributed by atoms with E-state index in [1.807, 2.05) is 12.4 Å². The van der Waals surface area contributed by atoms with E-state index in [0.29, 0.717) is 6.04 Å². The van der Waals surface area contributed by atoms with Crippen molar-refractivity contribution in [3.8, 4) is 0 Å². The van der Waals surface area contributed by atoms with Gasteiger partial charge in [-0.3, -0.25) is 4.98 Å². The lowest BCUT2D eigenvalue weighted by molar-refractivity contribution is 0.423. The number of piperidine rings is 1. The van der Waals surface area contributed by atoms with E-state index >= 15 is 0 Å². The van der Waals surface area contributed by atoms with E-state index in [9.17, 15) is 0 Å². The summed E-state index contributed by atoms with van der Waals surface area (Å²) >= 11 is 0. The summed E-state index contributed by atoms with van der Waals surface area (Å²) in [6.45, 7) is 7.71. The minimum atomic E-state index is 0.711. The van der Waals surface area contributed by atoms with Crippen LogP contribution in [0.3, 0.4) is 0 Å². The molecule has 0 bridgehead atoms. The number of nitrogens with zero attached hydrogens (tertiary/aromatic N) is 2. The highest BCUT2D eigenvalue weighted by atomic mass is 15.1. The van der Waals surface area contributed by atoms with Crippen molar-refractivity contribution in [1.82, 2.24) is 10.3 Å². The second-order valence-corrected chi connectivity index (χ2v) is 4.48. The molecule has 0 radical (unpaired) electrons. The molecule has 1 aliphatic rings. The molecule has 3 nitrogen and oxygen atoms in total. The van der Waals surface area contributed by atoms with E-state index in [4.69, 9.17) is 0 Å². The third kappa shape index (κ3) is 2.53. The van der Waals surface area contributed by atoms with Crippen LogP contribution in [0.4, 0.5) is 5.69 Å². The fourth-order valence-electron chi connectivity index (χ4n) is 2.43. The molecule has 1 aromatic heterocycles. The molecule has 0 amide bonds. The van der Waals surface area contributed by atoms with Gasteiger partial charge in [-0.25, -0.2) is 0 Å². The third-order valence-electron chi connectivity index (χ3n) is 3.32. The molecule has 1 fully saturated rings. The predicted molar refractivity (Wildman–Crippen MR) is 67.9 cm³/mol. The van der Waals surface area contributed by atoms with Crippen molar-refractivity contribution in [3.05, 3.63) is 24.0 Å². The topological polar surface area (TPSA) is 28.2 Å². The lowest BCUT2D eigenvalue weighted by atomic mass is 10.0. The Hall–Kier alpha value is -1.09. The van der Waals surface area contributed by atoms with Crippen LogP contribution in [0.15, 0.2) is 18.5 Å². The highest BCUT2D eigenvalue weighted by Crippen LogP contribution is 2.22. The minimum Gasteiger partial charge on any atom is -0.371 e. The second kappa shape index (κ2) is 5.30. The summed E-state index contributed by atoms with van der Waals surface area (Å²) in [5, 5.41) is 3.53. The number of nitrogens with one attached hydrogen (secondary N) is 1. The van der Waals surface area contributed by atoms with Crippen molar-refractivity contribution in [1.29, 1.82) is 0 Å². The molecule has 1 saturated heterocycles. The SMILES string of the molecule is CCNC1CCN(c2ccncc2C)CC1. The smallest absolute Gasteiger partial charge is 0.0426 e. The van der Waals surface area contributed by atoms with Crippen LogP contribution < -0.4 is 10.2 Å². The Morgan fingerprint density at radius 1 is 1.44 bits per heavy atom. The Kier molecular flexibility index (Phi) is 3.78. The first kappa shape index (κ1) is 11.4. The standard InChI is InChI=1S/C13H21N3/c1-3-15-12-5-8-16(9-6-12)13-4-7-14-10-11(13)2/h4,7,10,12,15H,3,5-6,8-9H2,1-2H3. The maximum absolute atomic E-state index is 4.15. The number of aryl methyl sites for hydroxylation is 1. The average Bonchev–Trinajstić information content (AvgIpc) is 2.31. The van der Waals surface area contributed by atoms with Gasteiger partial charge in [0, 0.05) is 37.2 Å². The number of anilines is 1. The number of hydrogen-bond donors (Lipinski definition) is 1. The van der Waals surface area contributed by atoms with Crippen LogP contribution in [0.1, 0.15) is 25.3 Å². The molecule has 0 saturated carbocycles. The van der Waals surface area contributed by atoms with Crippen molar-refractivity contribution in [2.45, 2.75) is 32.7 Å². The predicted octanol–water partition coefficient (Wildman–Crippen LogP) is 1.97. The number of hydrogen-bond acceptors (Lipinski definition) is 3. The first-order chi connectivity index (χ1) is 7.81. The van der Waals surface area contributed by atoms with Crippen LogP contribution >= 0.6 is 0 Å². The molecular weight excluding hydrogens is 198 g/mol. The molecule has 0 aliphatic carbocycles. The van der Waals surface area contributed by atoms with Crippen molar-refractivity contribution < 1.29 is 0 Å². The van der Waals surface area contributed by atoms with Crippen LogP contribution in [-0.4, -0.2) is 30.7 Å². The van der Waals surface area contributed by atoms with Gasteiger partial charge in [0.15, 0.2) is 0 Å². The van der Waals surface area contributed by atoms with E-state index in [-0.39, 0.29) is 0 Å². The van der Waals surface area contributed by atoms with Gasteiger partial charge in [0.05, 0.1) is 0 Å². The van der Waals surface area contributed by atoms with E-state index in [2.05, 4.69) is 35.1 Å². The Morgan fingerprint density at radius 2 is 2.19 bits per heavy atom. The quantitative estimate of drug-likeness (QED) is 0.842. The Morgan fingerprint density at radius 3 is 2.81 bits per heavy atom. The van der Waals surface area contributed by atoms with Crippen LogP contribution in [-0.2, 0) is 0 Å². The molecule has 0 aromatic carbocycles. The van der Waals surface area contributed by atoms with Gasteiger partial charge < -0.3 is 10.2 Å². The summed E-state index contributed by atoms with van der Waals surface area (Å²) in [5.74, 6) is 0. The summed E-state index contributed by atoms with van der Waals surface area (Å²) in [6.07, 6.45) is 6.33. The molecular formula is C13H21N3. The largest absolute Gasteiger partial charge is 0.371 e. The normalized spacial score (nSPS) is 17.8. The third-order valence-corrected chi connectivity index (χ3v) is 3.32. The Bertz CT molecular complexity index is 330. The molecule has 1 aliphatic heterocycles. The molecule has 2 heterocycles. The molecule has 16 heavy (non-hydrogen) atoms. The zero-order valence-electron chi connectivity index (χ0n) is 10.2. The van der Waals surface area contributed by atoms with Crippen molar-refractivity contribution in [3.63, 3.8) is 0 Å². The van der Waals surface area contributed by atoms with Crippen LogP contribution in [0.25, 0.3) is 0 Å². The lowest BCUT2D eigenvalue weighted by Crippen LogP contribution is -2.42. The van der Waals surface area contributed by atoms with Gasteiger partial charge in [-0.15, -0.1) is 0 Å². The zero-order chi connectivity index (χ0) is 11.4. The van der Waals surface area contributed by atoms with E-state index in [1.165, 1.54) is 24.1 Å². The summed E-state index contributed by atoms with van der Waals surface area (Å²) in [4.78, 5) is 6.62. The van der Waals surface area contributed by atoms with E-state index < -0.39 is 0 Å². The summed E-state index contributed by atoms with van der Waals surface area (Å²) in [5.41, 5.74) is 2.63. The van der Waals surface area contributed by atoms with Gasteiger partial charge in [0.25, 0.3) is 0 Å². The van der Waals surface area contributed by atoms with Gasteiger partial charge in [-0.2, -0.15) is 0 Å². The van der Waals surface area contributed by atoms with Crippen LogP contribution in [0.2, 0.25) is 0 Å². The van der Waals surface area contributed by atoms with Crippen molar-refractivity contribution in [2.24, 2.45) is 0 Å². The van der Waals surface area contributed by atoms with Gasteiger partial charge in [-0.05, 0) is 37.9 Å². The first-order valence-electron chi connectivity index (χ1n) is 6.20. The van der Waals surface area contributed by atoms with Gasteiger partial charge in [-0.1, -0.05) is 6.92 Å². The molecule has 1 aromatic rings. The fraction of sp³-hybridized carbons (Fsp3) is 0.615. The highest BCUT2D eigenvalue weighted by molar-refractivity contribution is 5.51. The molecule has 2 rings (SSSR count). The fourth-order valence-corrected chi connectivity index (χ4v) is 2.43. The summed E-state index contributed by atoms with van der Waals surface area (Å²) in [7, 11) is 0. The van der Waals surface area contributed by atoms with Crippen molar-refractivity contribution >= 4 is 5.69 Å². The first-order valence-corrected chi connectivity index (χ1v) is 6.20. The number of pyridine rings is 1. The molecule has 1 N–H and O–H groups in total. The number of aromatic nitrogens is 1. The Balaban J connectivity index is 1.96. The average molecular weight is 219 g/mol. The Labute approximate surface area is 97.9 Å². The highest BCUT2D eigenvalue weighted by Gasteiger charge is 2.19. The molecule has 88 valence electrons. The molecule has 0 unspecified atom stereocenters. The minimum absolute atomic E-state index is 0.711. The zero-order valence-corrected chi connectivity index (χ0v) is 10.2. The maximum Gasteiger partial charge on any atom is 0.0426 e. The van der Waals surface area contributed by atoms with Gasteiger partial charge in [0.1, 0.15) is 0 Å². The molecule has 0 atom stereocenters. The maximum atomic E-state index is 4.15. The monoisotopic (exact) mass is 219 g/mol. The van der Waals surface area contributed by atoms with Crippen LogP contribution in [0, 0.1) is 6.92 Å². The van der Waals surface area contributed by atoms with Crippen LogP contribution in [0.5, 0.6) is 0 Å². The lowest BCUT2D eigenvalue weighted by Gasteiger charge is -2.34.